The van der Waals surface area contributed by atoms with Gasteiger partial charge in [0.05, 0.1) is 6.61 Å². The largest absolute Gasteiger partial charge is 0.383 e. The number of aryl methyl sites for hydroxylation is 2. The lowest BCUT2D eigenvalue weighted by Gasteiger charge is -2.30. The molecule has 2 atom stereocenters. The van der Waals surface area contributed by atoms with Crippen molar-refractivity contribution in [3.05, 3.63) is 34.9 Å². The summed E-state index contributed by atoms with van der Waals surface area (Å²) < 4.78 is 5.23. The van der Waals surface area contributed by atoms with Crippen molar-refractivity contribution in [2.75, 3.05) is 26.8 Å². The van der Waals surface area contributed by atoms with E-state index >= 15 is 0 Å². The monoisotopic (exact) mass is 264 g/mol. The van der Waals surface area contributed by atoms with E-state index in [1.54, 1.807) is 7.11 Å². The second kappa shape index (κ2) is 7.63. The van der Waals surface area contributed by atoms with Crippen LogP contribution in [0, 0.1) is 13.8 Å². The molecule has 0 spiro atoms. The molecule has 0 bridgehead atoms. The fourth-order valence-electron chi connectivity index (χ4n) is 2.32. The van der Waals surface area contributed by atoms with Crippen LogP contribution in [0.2, 0.25) is 0 Å². The minimum Gasteiger partial charge on any atom is -0.383 e. The highest BCUT2D eigenvalue weighted by Gasteiger charge is 2.16. The van der Waals surface area contributed by atoms with Gasteiger partial charge in [-0.05, 0) is 44.0 Å². The fraction of sp³-hybridized carbons (Fsp3) is 0.625. The first-order valence-electron chi connectivity index (χ1n) is 7.05. The molecule has 0 heterocycles. The van der Waals surface area contributed by atoms with Crippen LogP contribution in [0.1, 0.15) is 36.6 Å². The van der Waals surface area contributed by atoms with E-state index in [0.717, 1.165) is 19.7 Å². The summed E-state index contributed by atoms with van der Waals surface area (Å²) >= 11 is 0. The highest BCUT2D eigenvalue weighted by atomic mass is 16.5. The van der Waals surface area contributed by atoms with Gasteiger partial charge in [-0.15, -0.1) is 0 Å². The molecule has 3 nitrogen and oxygen atoms in total. The van der Waals surface area contributed by atoms with Crippen molar-refractivity contribution in [3.63, 3.8) is 0 Å². The van der Waals surface area contributed by atoms with Crippen molar-refractivity contribution in [1.82, 2.24) is 4.90 Å². The highest BCUT2D eigenvalue weighted by Crippen LogP contribution is 2.17. The van der Waals surface area contributed by atoms with Crippen LogP contribution in [0.4, 0.5) is 0 Å². The standard InChI is InChI=1S/C16H28N2O/c1-6-18(14(4)11-19-5)10-16(17)15-8-7-12(2)13(3)9-15/h7-9,14,16H,6,10-11,17H2,1-5H3. The second-order valence-electron chi connectivity index (χ2n) is 5.34. The predicted octanol–water partition coefficient (Wildman–Crippen LogP) is 2.66. The Bertz CT molecular complexity index is 392. The summed E-state index contributed by atoms with van der Waals surface area (Å²) in [4.78, 5) is 2.36. The van der Waals surface area contributed by atoms with E-state index in [1.807, 2.05) is 0 Å². The minimum atomic E-state index is 0.0542. The first-order valence-corrected chi connectivity index (χ1v) is 7.05. The summed E-state index contributed by atoms with van der Waals surface area (Å²) in [5.41, 5.74) is 10.2. The predicted molar refractivity (Wildman–Crippen MR) is 81.4 cm³/mol. The molecule has 0 aliphatic rings. The smallest absolute Gasteiger partial charge is 0.0615 e. The van der Waals surface area contributed by atoms with Gasteiger partial charge in [-0.2, -0.15) is 0 Å². The summed E-state index contributed by atoms with van der Waals surface area (Å²) in [6, 6.07) is 6.95. The molecule has 0 saturated carbocycles. The van der Waals surface area contributed by atoms with Gasteiger partial charge in [0.1, 0.15) is 0 Å². The first kappa shape index (κ1) is 16.2. The molecule has 1 rings (SSSR count). The molecular formula is C16H28N2O. The van der Waals surface area contributed by atoms with E-state index in [0.29, 0.717) is 6.04 Å². The average molecular weight is 264 g/mol. The number of rotatable bonds is 7. The third kappa shape index (κ3) is 4.60. The molecule has 2 unspecified atom stereocenters. The highest BCUT2D eigenvalue weighted by molar-refractivity contribution is 5.31. The lowest BCUT2D eigenvalue weighted by Crippen LogP contribution is -2.40. The molecular weight excluding hydrogens is 236 g/mol. The number of nitrogens with two attached hydrogens (primary N) is 1. The maximum Gasteiger partial charge on any atom is 0.0615 e. The maximum absolute atomic E-state index is 6.34. The number of hydrogen-bond acceptors (Lipinski definition) is 3. The van der Waals surface area contributed by atoms with E-state index < -0.39 is 0 Å². The van der Waals surface area contributed by atoms with Gasteiger partial charge in [0, 0.05) is 25.7 Å². The summed E-state index contributed by atoms with van der Waals surface area (Å²) in [7, 11) is 1.74. The first-order chi connectivity index (χ1) is 8.99. The van der Waals surface area contributed by atoms with Crippen LogP contribution in [-0.4, -0.2) is 37.7 Å². The summed E-state index contributed by atoms with van der Waals surface area (Å²) in [5, 5.41) is 0. The molecule has 3 heteroatoms. The quantitative estimate of drug-likeness (QED) is 0.823. The number of methoxy groups -OCH3 is 1. The van der Waals surface area contributed by atoms with Crippen molar-refractivity contribution in [3.8, 4) is 0 Å². The second-order valence-corrected chi connectivity index (χ2v) is 5.34. The van der Waals surface area contributed by atoms with Crippen LogP contribution in [0.15, 0.2) is 18.2 Å². The lowest BCUT2D eigenvalue weighted by molar-refractivity contribution is 0.0986. The molecule has 108 valence electrons. The van der Waals surface area contributed by atoms with Gasteiger partial charge in [-0.25, -0.2) is 0 Å². The van der Waals surface area contributed by atoms with Gasteiger partial charge in [0.15, 0.2) is 0 Å². The lowest BCUT2D eigenvalue weighted by atomic mass is 10.0. The Hall–Kier alpha value is -0.900. The number of benzene rings is 1. The van der Waals surface area contributed by atoms with Crippen LogP contribution in [-0.2, 0) is 4.74 Å². The fourth-order valence-corrected chi connectivity index (χ4v) is 2.32. The molecule has 0 amide bonds. The van der Waals surface area contributed by atoms with Gasteiger partial charge in [-0.1, -0.05) is 25.1 Å². The Morgan fingerprint density at radius 3 is 2.47 bits per heavy atom. The Morgan fingerprint density at radius 1 is 1.26 bits per heavy atom. The van der Waals surface area contributed by atoms with Gasteiger partial charge in [-0.3, -0.25) is 4.90 Å². The van der Waals surface area contributed by atoms with Crippen LogP contribution in [0.25, 0.3) is 0 Å². The number of ether oxygens (including phenoxy) is 1. The number of nitrogens with zero attached hydrogens (tertiary/aromatic N) is 1. The zero-order valence-electron chi connectivity index (χ0n) is 12.9. The van der Waals surface area contributed by atoms with Gasteiger partial charge in [0.2, 0.25) is 0 Å². The topological polar surface area (TPSA) is 38.5 Å². The van der Waals surface area contributed by atoms with Crippen molar-refractivity contribution in [2.45, 2.75) is 39.8 Å². The van der Waals surface area contributed by atoms with Crippen molar-refractivity contribution in [1.29, 1.82) is 0 Å². The van der Waals surface area contributed by atoms with E-state index in [-0.39, 0.29) is 6.04 Å². The maximum atomic E-state index is 6.34. The zero-order chi connectivity index (χ0) is 14.4. The molecule has 0 fully saturated rings. The van der Waals surface area contributed by atoms with Crippen molar-refractivity contribution >= 4 is 0 Å². The Balaban J connectivity index is 2.71. The summed E-state index contributed by atoms with van der Waals surface area (Å²) in [6.45, 7) is 11.2. The van der Waals surface area contributed by atoms with Gasteiger partial charge in [0.25, 0.3) is 0 Å². The molecule has 0 saturated heterocycles. The number of hydrogen-bond donors (Lipinski definition) is 1. The van der Waals surface area contributed by atoms with Crippen LogP contribution >= 0.6 is 0 Å². The molecule has 1 aromatic rings. The van der Waals surface area contributed by atoms with Crippen molar-refractivity contribution in [2.24, 2.45) is 5.73 Å². The summed E-state index contributed by atoms with van der Waals surface area (Å²) in [6.07, 6.45) is 0. The summed E-state index contributed by atoms with van der Waals surface area (Å²) in [5.74, 6) is 0. The van der Waals surface area contributed by atoms with E-state index in [9.17, 15) is 0 Å². The molecule has 0 aliphatic carbocycles. The van der Waals surface area contributed by atoms with Crippen LogP contribution in [0.3, 0.4) is 0 Å². The molecule has 19 heavy (non-hydrogen) atoms. The van der Waals surface area contributed by atoms with Crippen LogP contribution in [0.5, 0.6) is 0 Å². The zero-order valence-corrected chi connectivity index (χ0v) is 12.9. The Labute approximate surface area is 117 Å². The van der Waals surface area contributed by atoms with E-state index in [4.69, 9.17) is 10.5 Å². The van der Waals surface area contributed by atoms with E-state index in [2.05, 4.69) is 50.8 Å². The van der Waals surface area contributed by atoms with E-state index in [1.165, 1.54) is 16.7 Å². The number of likely N-dealkylation sites (N-methyl/N-ethyl adjacent to an activating group) is 1. The van der Waals surface area contributed by atoms with Crippen LogP contribution < -0.4 is 5.73 Å². The third-order valence-electron chi connectivity index (χ3n) is 3.83. The van der Waals surface area contributed by atoms with Crippen molar-refractivity contribution < 1.29 is 4.74 Å². The molecule has 2 N–H and O–H groups in total. The molecule has 0 aromatic heterocycles. The Morgan fingerprint density at radius 2 is 1.95 bits per heavy atom. The molecule has 0 radical (unpaired) electrons. The average Bonchev–Trinajstić information content (AvgIpc) is 2.39. The van der Waals surface area contributed by atoms with Gasteiger partial charge >= 0.3 is 0 Å². The molecule has 1 aromatic carbocycles. The molecule has 0 aliphatic heterocycles. The Kier molecular flexibility index (Phi) is 6.49. The van der Waals surface area contributed by atoms with Gasteiger partial charge < -0.3 is 10.5 Å². The third-order valence-corrected chi connectivity index (χ3v) is 3.83. The SMILES string of the molecule is CCN(CC(N)c1ccc(C)c(C)c1)C(C)COC. The normalized spacial score (nSPS) is 14.7. The minimum absolute atomic E-state index is 0.0542.